The molecule has 0 amide bonds. The van der Waals surface area contributed by atoms with Crippen molar-refractivity contribution in [2.24, 2.45) is 29.1 Å². The van der Waals surface area contributed by atoms with Crippen LogP contribution in [0.1, 0.15) is 54.4 Å². The zero-order valence-electron chi connectivity index (χ0n) is 10.2. The summed E-state index contributed by atoms with van der Waals surface area (Å²) in [6.45, 7) is 14.4. The topological polar surface area (TPSA) is 0 Å². The molecule has 0 saturated heterocycles. The largest absolute Gasteiger partial charge is 0.0628 e. The highest BCUT2D eigenvalue weighted by atomic mass is 14.5. The SMILES string of the molecule is CC(C)CC1CC(C)C1(C)C(C)C. The van der Waals surface area contributed by atoms with Crippen molar-refractivity contribution in [3.8, 4) is 0 Å². The van der Waals surface area contributed by atoms with Crippen LogP contribution in [0.5, 0.6) is 0 Å². The van der Waals surface area contributed by atoms with E-state index in [2.05, 4.69) is 41.5 Å². The van der Waals surface area contributed by atoms with Gasteiger partial charge in [0.15, 0.2) is 0 Å². The van der Waals surface area contributed by atoms with Crippen LogP contribution in [0.2, 0.25) is 0 Å². The second-order valence-electron chi connectivity index (χ2n) is 5.98. The van der Waals surface area contributed by atoms with Gasteiger partial charge in [-0.2, -0.15) is 0 Å². The summed E-state index contributed by atoms with van der Waals surface area (Å²) < 4.78 is 0. The Hall–Kier alpha value is 0. The maximum Gasteiger partial charge on any atom is -0.0249 e. The van der Waals surface area contributed by atoms with Crippen LogP contribution in [0.25, 0.3) is 0 Å². The molecule has 0 aromatic heterocycles. The molecule has 0 N–H and O–H groups in total. The van der Waals surface area contributed by atoms with E-state index in [9.17, 15) is 0 Å². The van der Waals surface area contributed by atoms with Gasteiger partial charge in [0.25, 0.3) is 0 Å². The molecule has 0 heteroatoms. The second kappa shape index (κ2) is 3.63. The molecule has 0 aliphatic heterocycles. The maximum absolute atomic E-state index is 2.50. The van der Waals surface area contributed by atoms with Gasteiger partial charge in [-0.25, -0.2) is 0 Å². The Morgan fingerprint density at radius 1 is 1.23 bits per heavy atom. The maximum atomic E-state index is 2.50. The second-order valence-corrected chi connectivity index (χ2v) is 5.98. The van der Waals surface area contributed by atoms with Crippen LogP contribution in [-0.4, -0.2) is 0 Å². The molecular weight excluding hydrogens is 156 g/mol. The minimum Gasteiger partial charge on any atom is -0.0628 e. The fourth-order valence-electron chi connectivity index (χ4n) is 3.14. The van der Waals surface area contributed by atoms with Gasteiger partial charge in [0.2, 0.25) is 0 Å². The van der Waals surface area contributed by atoms with Crippen LogP contribution < -0.4 is 0 Å². The molecule has 1 saturated carbocycles. The van der Waals surface area contributed by atoms with E-state index in [0.29, 0.717) is 5.41 Å². The Balaban J connectivity index is 2.60. The highest BCUT2D eigenvalue weighted by Crippen LogP contribution is 2.57. The average molecular weight is 182 g/mol. The number of hydrogen-bond donors (Lipinski definition) is 0. The van der Waals surface area contributed by atoms with Gasteiger partial charge in [0.1, 0.15) is 0 Å². The highest BCUT2D eigenvalue weighted by Gasteiger charge is 2.50. The van der Waals surface area contributed by atoms with Crippen LogP contribution in [0.4, 0.5) is 0 Å². The van der Waals surface area contributed by atoms with Crippen molar-refractivity contribution in [3.63, 3.8) is 0 Å². The van der Waals surface area contributed by atoms with Gasteiger partial charge in [0.05, 0.1) is 0 Å². The number of rotatable bonds is 3. The molecule has 0 spiro atoms. The lowest BCUT2D eigenvalue weighted by atomic mass is 9.48. The van der Waals surface area contributed by atoms with Crippen LogP contribution in [-0.2, 0) is 0 Å². The fourth-order valence-corrected chi connectivity index (χ4v) is 3.14. The summed E-state index contributed by atoms with van der Waals surface area (Å²) in [5.41, 5.74) is 0.629. The van der Waals surface area contributed by atoms with Crippen LogP contribution >= 0.6 is 0 Å². The molecule has 0 heterocycles. The quantitative estimate of drug-likeness (QED) is 0.608. The molecule has 0 nitrogen and oxygen atoms in total. The van der Waals surface area contributed by atoms with Gasteiger partial charge in [-0.05, 0) is 41.9 Å². The van der Waals surface area contributed by atoms with Gasteiger partial charge >= 0.3 is 0 Å². The minimum absolute atomic E-state index is 0.629. The molecule has 1 aliphatic rings. The molecule has 1 aliphatic carbocycles. The van der Waals surface area contributed by atoms with Gasteiger partial charge in [-0.3, -0.25) is 0 Å². The van der Waals surface area contributed by atoms with E-state index in [1.165, 1.54) is 12.8 Å². The van der Waals surface area contributed by atoms with Gasteiger partial charge in [-0.15, -0.1) is 0 Å². The van der Waals surface area contributed by atoms with E-state index in [4.69, 9.17) is 0 Å². The lowest BCUT2D eigenvalue weighted by Gasteiger charge is -2.57. The van der Waals surface area contributed by atoms with Crippen molar-refractivity contribution in [1.29, 1.82) is 0 Å². The average Bonchev–Trinajstić information content (AvgIpc) is 2.01. The Kier molecular flexibility index (Phi) is 3.09. The van der Waals surface area contributed by atoms with E-state index >= 15 is 0 Å². The summed E-state index contributed by atoms with van der Waals surface area (Å²) in [7, 11) is 0. The third-order valence-corrected chi connectivity index (χ3v) is 4.58. The summed E-state index contributed by atoms with van der Waals surface area (Å²) in [5, 5.41) is 0. The molecule has 1 rings (SSSR count). The van der Waals surface area contributed by atoms with E-state index in [0.717, 1.165) is 23.7 Å². The van der Waals surface area contributed by atoms with Gasteiger partial charge in [-0.1, -0.05) is 41.5 Å². The van der Waals surface area contributed by atoms with Crippen LogP contribution in [0.3, 0.4) is 0 Å². The molecule has 0 radical (unpaired) electrons. The minimum atomic E-state index is 0.629. The normalized spacial score (nSPS) is 39.7. The zero-order valence-corrected chi connectivity index (χ0v) is 10.2. The van der Waals surface area contributed by atoms with Crippen molar-refractivity contribution in [1.82, 2.24) is 0 Å². The first-order valence-electron chi connectivity index (χ1n) is 5.89. The summed E-state index contributed by atoms with van der Waals surface area (Å²) in [4.78, 5) is 0. The Labute approximate surface area is 84.1 Å². The number of hydrogen-bond acceptors (Lipinski definition) is 0. The Morgan fingerprint density at radius 2 is 1.77 bits per heavy atom. The smallest absolute Gasteiger partial charge is 0.0249 e. The molecule has 3 atom stereocenters. The summed E-state index contributed by atoms with van der Waals surface area (Å²) in [6, 6.07) is 0. The molecule has 1 fully saturated rings. The summed E-state index contributed by atoms with van der Waals surface area (Å²) in [6.07, 6.45) is 2.89. The monoisotopic (exact) mass is 182 g/mol. The predicted octanol–water partition coefficient (Wildman–Crippen LogP) is 4.35. The van der Waals surface area contributed by atoms with Crippen LogP contribution in [0.15, 0.2) is 0 Å². The van der Waals surface area contributed by atoms with E-state index in [1.807, 2.05) is 0 Å². The third kappa shape index (κ3) is 1.78. The van der Waals surface area contributed by atoms with E-state index in [-0.39, 0.29) is 0 Å². The Bertz CT molecular complexity index is 162. The molecule has 0 aromatic carbocycles. The third-order valence-electron chi connectivity index (χ3n) is 4.58. The van der Waals surface area contributed by atoms with Gasteiger partial charge < -0.3 is 0 Å². The summed E-state index contributed by atoms with van der Waals surface area (Å²) in [5.74, 6) is 3.65. The van der Waals surface area contributed by atoms with E-state index < -0.39 is 0 Å². The molecule has 0 bridgehead atoms. The first-order chi connectivity index (χ1) is 5.89. The first-order valence-corrected chi connectivity index (χ1v) is 5.89. The molecule has 78 valence electrons. The van der Waals surface area contributed by atoms with Crippen molar-refractivity contribution >= 4 is 0 Å². The molecular formula is C13H26. The molecule has 3 unspecified atom stereocenters. The lowest BCUT2D eigenvalue weighted by molar-refractivity contribution is -0.0768. The van der Waals surface area contributed by atoms with Crippen LogP contribution in [0, 0.1) is 29.1 Å². The Morgan fingerprint density at radius 3 is 2.08 bits per heavy atom. The van der Waals surface area contributed by atoms with Crippen molar-refractivity contribution < 1.29 is 0 Å². The summed E-state index contributed by atoms with van der Waals surface area (Å²) >= 11 is 0. The standard InChI is InChI=1S/C13H26/c1-9(2)7-12-8-11(5)13(12,6)10(3)4/h9-12H,7-8H2,1-6H3. The zero-order chi connectivity index (χ0) is 10.2. The fraction of sp³-hybridized carbons (Fsp3) is 1.00. The highest BCUT2D eigenvalue weighted by molar-refractivity contribution is 4.99. The van der Waals surface area contributed by atoms with E-state index in [1.54, 1.807) is 0 Å². The predicted molar refractivity (Wildman–Crippen MR) is 59.7 cm³/mol. The molecule has 0 aromatic rings. The van der Waals surface area contributed by atoms with Crippen molar-refractivity contribution in [2.75, 3.05) is 0 Å². The first kappa shape index (κ1) is 11.1. The van der Waals surface area contributed by atoms with Crippen molar-refractivity contribution in [2.45, 2.75) is 54.4 Å². The molecule has 13 heavy (non-hydrogen) atoms. The lowest BCUT2D eigenvalue weighted by Crippen LogP contribution is -2.49. The van der Waals surface area contributed by atoms with Crippen molar-refractivity contribution in [3.05, 3.63) is 0 Å². The van der Waals surface area contributed by atoms with Gasteiger partial charge in [0, 0.05) is 0 Å².